The Labute approximate surface area is 102 Å². The maximum absolute atomic E-state index is 11.9. The van der Waals surface area contributed by atoms with Gasteiger partial charge >= 0.3 is 0 Å². The van der Waals surface area contributed by atoms with Crippen molar-refractivity contribution in [2.75, 3.05) is 6.54 Å². The van der Waals surface area contributed by atoms with Crippen LogP contribution in [-0.4, -0.2) is 29.2 Å². The van der Waals surface area contributed by atoms with Crippen LogP contribution in [0.15, 0.2) is 24.3 Å². The average Bonchev–Trinajstić information content (AvgIpc) is 2.71. The van der Waals surface area contributed by atoms with Gasteiger partial charge in [-0.25, -0.2) is 0 Å². The van der Waals surface area contributed by atoms with Crippen molar-refractivity contribution < 1.29 is 9.59 Å². The second kappa shape index (κ2) is 4.86. The molecule has 1 aliphatic heterocycles. The lowest BCUT2D eigenvalue weighted by Crippen LogP contribution is -2.36. The number of likely N-dealkylation sites (tertiary alicyclic amines) is 1. The minimum atomic E-state index is -0.0955. The van der Waals surface area contributed by atoms with Gasteiger partial charge in [-0.3, -0.25) is 9.59 Å². The second-order valence-electron chi connectivity index (χ2n) is 5.12. The average molecular weight is 233 g/mol. The summed E-state index contributed by atoms with van der Waals surface area (Å²) in [6.07, 6.45) is 9.33. The fourth-order valence-corrected chi connectivity index (χ4v) is 2.51. The molecule has 0 saturated carbocycles. The van der Waals surface area contributed by atoms with Crippen LogP contribution in [0.3, 0.4) is 0 Å². The van der Waals surface area contributed by atoms with E-state index in [1.165, 1.54) is 0 Å². The summed E-state index contributed by atoms with van der Waals surface area (Å²) in [6.45, 7) is 4.40. The topological polar surface area (TPSA) is 37.4 Å². The van der Waals surface area contributed by atoms with Crippen LogP contribution in [0, 0.1) is 11.8 Å². The zero-order valence-corrected chi connectivity index (χ0v) is 10.4. The van der Waals surface area contributed by atoms with Gasteiger partial charge in [-0.2, -0.15) is 0 Å². The van der Waals surface area contributed by atoms with Crippen molar-refractivity contribution in [3.63, 3.8) is 0 Å². The lowest BCUT2D eigenvalue weighted by Gasteiger charge is -2.26. The third-order valence-electron chi connectivity index (χ3n) is 3.49. The number of amides is 1. The second-order valence-corrected chi connectivity index (χ2v) is 5.12. The number of carbonyl (C=O) groups is 2. The Kier molecular flexibility index (Phi) is 3.46. The van der Waals surface area contributed by atoms with E-state index < -0.39 is 0 Å². The molecule has 0 N–H and O–H groups in total. The lowest BCUT2D eigenvalue weighted by atomic mass is 9.94. The Hall–Kier alpha value is -1.38. The van der Waals surface area contributed by atoms with Gasteiger partial charge < -0.3 is 4.90 Å². The first-order chi connectivity index (χ1) is 8.09. The van der Waals surface area contributed by atoms with E-state index in [1.54, 1.807) is 0 Å². The van der Waals surface area contributed by atoms with Crippen LogP contribution >= 0.6 is 0 Å². The van der Waals surface area contributed by atoms with Crippen LogP contribution in [0.25, 0.3) is 0 Å². The number of nitrogens with zero attached hydrogens (tertiary/aromatic N) is 1. The highest BCUT2D eigenvalue weighted by atomic mass is 16.2. The molecule has 0 aromatic rings. The zero-order valence-electron chi connectivity index (χ0n) is 10.4. The van der Waals surface area contributed by atoms with Crippen molar-refractivity contribution >= 4 is 11.7 Å². The number of allylic oxidation sites excluding steroid dienone is 2. The van der Waals surface area contributed by atoms with Crippen LogP contribution in [0.4, 0.5) is 0 Å². The number of hydrogen-bond acceptors (Lipinski definition) is 2. The lowest BCUT2D eigenvalue weighted by molar-refractivity contribution is -0.129. The van der Waals surface area contributed by atoms with E-state index in [4.69, 9.17) is 0 Å². The van der Waals surface area contributed by atoms with Gasteiger partial charge in [0.1, 0.15) is 5.78 Å². The molecular weight excluding hydrogens is 214 g/mol. The van der Waals surface area contributed by atoms with Gasteiger partial charge in [-0.1, -0.05) is 38.2 Å². The summed E-state index contributed by atoms with van der Waals surface area (Å²) in [5.74, 6) is 0.265. The van der Waals surface area contributed by atoms with E-state index in [0.717, 1.165) is 6.42 Å². The quantitative estimate of drug-likeness (QED) is 0.747. The van der Waals surface area contributed by atoms with E-state index in [0.29, 0.717) is 13.0 Å². The van der Waals surface area contributed by atoms with Crippen LogP contribution in [0.1, 0.15) is 26.7 Å². The fourth-order valence-electron chi connectivity index (χ4n) is 2.51. The molecule has 92 valence electrons. The Morgan fingerprint density at radius 1 is 1.41 bits per heavy atom. The molecule has 3 nitrogen and oxygen atoms in total. The van der Waals surface area contributed by atoms with Gasteiger partial charge in [-0.05, 0) is 6.42 Å². The molecular formula is C14H19NO2. The molecule has 3 heteroatoms. The van der Waals surface area contributed by atoms with Crippen molar-refractivity contribution in [3.05, 3.63) is 24.3 Å². The van der Waals surface area contributed by atoms with Gasteiger partial charge in [-0.15, -0.1) is 0 Å². The largest absolute Gasteiger partial charge is 0.335 e. The van der Waals surface area contributed by atoms with E-state index in [9.17, 15) is 9.59 Å². The molecule has 1 saturated heterocycles. The molecule has 0 bridgehead atoms. The summed E-state index contributed by atoms with van der Waals surface area (Å²) in [5, 5.41) is 0. The Balaban J connectivity index is 2.02. The summed E-state index contributed by atoms with van der Waals surface area (Å²) in [4.78, 5) is 25.7. The predicted octanol–water partition coefficient (Wildman–Crippen LogP) is 1.94. The maximum Gasteiger partial charge on any atom is 0.223 e. The van der Waals surface area contributed by atoms with Crippen LogP contribution < -0.4 is 0 Å². The Morgan fingerprint density at radius 3 is 2.76 bits per heavy atom. The third-order valence-corrected chi connectivity index (χ3v) is 3.49. The van der Waals surface area contributed by atoms with Crippen LogP contribution in [0.2, 0.25) is 0 Å². The fraction of sp³-hybridized carbons (Fsp3) is 0.571. The van der Waals surface area contributed by atoms with E-state index in [2.05, 4.69) is 6.08 Å². The molecule has 0 aromatic heterocycles. The van der Waals surface area contributed by atoms with Crippen molar-refractivity contribution in [1.82, 2.24) is 4.90 Å². The number of Topliss-reactive ketones (excluding diaryl/α,β-unsaturated/α-hetero) is 1. The maximum atomic E-state index is 11.9. The zero-order chi connectivity index (χ0) is 12.4. The van der Waals surface area contributed by atoms with Crippen molar-refractivity contribution in [2.45, 2.75) is 32.7 Å². The van der Waals surface area contributed by atoms with Crippen LogP contribution in [0.5, 0.6) is 0 Å². The summed E-state index contributed by atoms with van der Waals surface area (Å²) in [6, 6.07) is 0.150. The van der Waals surface area contributed by atoms with Gasteiger partial charge in [0.2, 0.25) is 5.91 Å². The standard InChI is InChI=1S/C14H19NO2/c1-10(2)14(17)11-8-13(16)15(9-11)12-6-4-3-5-7-12/h3-6,10-12H,7-9H2,1-2H3. The molecule has 2 atom stereocenters. The smallest absolute Gasteiger partial charge is 0.223 e. The van der Waals surface area contributed by atoms with Gasteiger partial charge in [0.05, 0.1) is 6.04 Å². The Morgan fingerprint density at radius 2 is 2.18 bits per heavy atom. The molecule has 1 aliphatic carbocycles. The van der Waals surface area contributed by atoms with Gasteiger partial charge in [0.25, 0.3) is 0 Å². The number of hydrogen-bond donors (Lipinski definition) is 0. The third kappa shape index (κ3) is 2.48. The molecule has 0 spiro atoms. The molecule has 1 heterocycles. The van der Waals surface area contributed by atoms with Gasteiger partial charge in [0.15, 0.2) is 0 Å². The summed E-state index contributed by atoms with van der Waals surface area (Å²) >= 11 is 0. The van der Waals surface area contributed by atoms with Crippen molar-refractivity contribution in [2.24, 2.45) is 11.8 Å². The molecule has 2 aliphatic rings. The number of ketones is 1. The number of rotatable bonds is 3. The van der Waals surface area contributed by atoms with E-state index in [1.807, 2.05) is 37.0 Å². The SMILES string of the molecule is CC(C)C(=O)C1CC(=O)N(C2C=CC=CC2)C1. The van der Waals surface area contributed by atoms with Crippen LogP contribution in [-0.2, 0) is 9.59 Å². The monoisotopic (exact) mass is 233 g/mol. The molecule has 2 rings (SSSR count). The molecule has 1 fully saturated rings. The van der Waals surface area contributed by atoms with E-state index in [-0.39, 0.29) is 29.6 Å². The highest BCUT2D eigenvalue weighted by Gasteiger charge is 2.37. The minimum absolute atomic E-state index is 0.0227. The summed E-state index contributed by atoms with van der Waals surface area (Å²) < 4.78 is 0. The van der Waals surface area contributed by atoms with Crippen molar-refractivity contribution in [3.8, 4) is 0 Å². The normalized spacial score (nSPS) is 28.2. The first-order valence-corrected chi connectivity index (χ1v) is 6.26. The predicted molar refractivity (Wildman–Crippen MR) is 66.4 cm³/mol. The molecule has 17 heavy (non-hydrogen) atoms. The minimum Gasteiger partial charge on any atom is -0.335 e. The first-order valence-electron chi connectivity index (χ1n) is 6.26. The van der Waals surface area contributed by atoms with Crippen molar-refractivity contribution in [1.29, 1.82) is 0 Å². The molecule has 0 radical (unpaired) electrons. The Bertz CT molecular complexity index is 382. The summed E-state index contributed by atoms with van der Waals surface area (Å²) in [7, 11) is 0. The first kappa shape index (κ1) is 12.1. The molecule has 2 unspecified atom stereocenters. The highest BCUT2D eigenvalue weighted by molar-refractivity contribution is 5.91. The number of carbonyl (C=O) groups excluding carboxylic acids is 2. The molecule has 1 amide bonds. The van der Waals surface area contributed by atoms with E-state index >= 15 is 0 Å². The van der Waals surface area contributed by atoms with Gasteiger partial charge in [0, 0.05) is 24.8 Å². The summed E-state index contributed by atoms with van der Waals surface area (Å²) in [5.41, 5.74) is 0. The molecule has 0 aromatic carbocycles. The highest BCUT2D eigenvalue weighted by Crippen LogP contribution is 2.26.